The van der Waals surface area contributed by atoms with Crippen LogP contribution in [0.5, 0.6) is 5.75 Å². The lowest BCUT2D eigenvalue weighted by Gasteiger charge is -2.41. The van der Waals surface area contributed by atoms with Gasteiger partial charge in [-0.1, -0.05) is 34.1 Å². The number of piperazine rings is 1. The lowest BCUT2D eigenvalue weighted by atomic mass is 9.68. The number of unbranched alkanes of at least 4 members (excludes halogenated alkanes) is 1. The molecular weight excluding hydrogens is 458 g/mol. The van der Waals surface area contributed by atoms with Gasteiger partial charge in [0.25, 0.3) is 0 Å². The Morgan fingerprint density at radius 2 is 1.51 bits per heavy atom. The summed E-state index contributed by atoms with van der Waals surface area (Å²) in [4.78, 5) is 7.79. The monoisotopic (exact) mass is 507 g/mol. The molecule has 1 saturated carbocycles. The number of anilines is 2. The molecule has 0 bridgehead atoms. The largest absolute Gasteiger partial charge is 0.495 e. The van der Waals surface area contributed by atoms with Gasteiger partial charge in [0.05, 0.1) is 26.0 Å². The zero-order valence-corrected chi connectivity index (χ0v) is 23.8. The number of benzene rings is 1. The van der Waals surface area contributed by atoms with E-state index in [0.717, 1.165) is 51.1 Å². The maximum absolute atomic E-state index is 6.00. The Balaban J connectivity index is 0.00000342. The standard InChI is InChI=1S/C29H49N3O2.ClH/c1-6-7-12-30-13-15-31(16-14-30)26-22-27(32-17-19-34-20-18-32)28(33-5)21-25(26)23-8-10-24(11-9-23)29(2,3)4;/h21-24H,6-20H2,1-5H3;1H. The summed E-state index contributed by atoms with van der Waals surface area (Å²) in [7, 11) is 1.84. The molecule has 0 unspecified atom stereocenters. The minimum absolute atomic E-state index is 0. The molecule has 3 aliphatic rings. The first-order valence-electron chi connectivity index (χ1n) is 13.9. The van der Waals surface area contributed by atoms with Gasteiger partial charge in [0, 0.05) is 45.0 Å². The fourth-order valence-corrected chi connectivity index (χ4v) is 6.25. The highest BCUT2D eigenvalue weighted by Gasteiger charge is 2.33. The second-order valence-corrected chi connectivity index (χ2v) is 11.8. The van der Waals surface area contributed by atoms with Crippen molar-refractivity contribution in [3.63, 3.8) is 0 Å². The summed E-state index contributed by atoms with van der Waals surface area (Å²) in [6.07, 6.45) is 7.86. The molecule has 200 valence electrons. The zero-order chi connectivity index (χ0) is 24.1. The number of hydrogen-bond donors (Lipinski definition) is 0. The zero-order valence-electron chi connectivity index (χ0n) is 23.0. The second kappa shape index (κ2) is 12.9. The van der Waals surface area contributed by atoms with Crippen molar-refractivity contribution < 1.29 is 9.47 Å². The molecule has 0 radical (unpaired) electrons. The molecular formula is C29H50ClN3O2. The summed E-state index contributed by atoms with van der Waals surface area (Å²) < 4.78 is 11.6. The highest BCUT2D eigenvalue weighted by molar-refractivity contribution is 5.85. The average molecular weight is 508 g/mol. The van der Waals surface area contributed by atoms with Gasteiger partial charge in [0.15, 0.2) is 0 Å². The third-order valence-electron chi connectivity index (χ3n) is 8.61. The molecule has 1 aromatic rings. The fraction of sp³-hybridized carbons (Fsp3) is 0.793. The van der Waals surface area contributed by atoms with E-state index in [1.54, 1.807) is 0 Å². The van der Waals surface area contributed by atoms with Gasteiger partial charge in [0.1, 0.15) is 5.75 Å². The highest BCUT2D eigenvalue weighted by Crippen LogP contribution is 2.47. The summed E-state index contributed by atoms with van der Waals surface area (Å²) >= 11 is 0. The van der Waals surface area contributed by atoms with E-state index >= 15 is 0 Å². The Morgan fingerprint density at radius 3 is 2.09 bits per heavy atom. The lowest BCUT2D eigenvalue weighted by molar-refractivity contribution is 0.122. The summed E-state index contributed by atoms with van der Waals surface area (Å²) in [5, 5.41) is 0. The molecule has 2 heterocycles. The number of methoxy groups -OCH3 is 1. The van der Waals surface area contributed by atoms with Gasteiger partial charge < -0.3 is 19.3 Å². The van der Waals surface area contributed by atoms with Gasteiger partial charge in [-0.3, -0.25) is 4.90 Å². The van der Waals surface area contributed by atoms with Crippen LogP contribution in [-0.4, -0.2) is 71.0 Å². The lowest BCUT2D eigenvalue weighted by Crippen LogP contribution is -2.47. The molecule has 0 N–H and O–H groups in total. The van der Waals surface area contributed by atoms with E-state index in [9.17, 15) is 0 Å². The molecule has 2 saturated heterocycles. The molecule has 6 heteroatoms. The van der Waals surface area contributed by atoms with Crippen LogP contribution in [0, 0.1) is 11.3 Å². The molecule has 5 nitrogen and oxygen atoms in total. The minimum Gasteiger partial charge on any atom is -0.495 e. The van der Waals surface area contributed by atoms with E-state index in [-0.39, 0.29) is 12.4 Å². The normalized spacial score (nSPS) is 24.3. The minimum atomic E-state index is 0. The van der Waals surface area contributed by atoms with E-state index in [0.29, 0.717) is 11.3 Å². The summed E-state index contributed by atoms with van der Waals surface area (Å²) in [6.45, 7) is 18.9. The van der Waals surface area contributed by atoms with Gasteiger partial charge >= 0.3 is 0 Å². The molecule has 1 aliphatic carbocycles. The van der Waals surface area contributed by atoms with Gasteiger partial charge in [-0.05, 0) is 73.6 Å². The third kappa shape index (κ3) is 6.99. The molecule has 4 rings (SSSR count). The SMILES string of the molecule is CCCCN1CCN(c2cc(N3CCOCC3)c(OC)cc2C2CCC(C(C)(C)C)CC2)CC1.Cl. The topological polar surface area (TPSA) is 28.2 Å². The van der Waals surface area contributed by atoms with Crippen LogP contribution in [-0.2, 0) is 4.74 Å². The highest BCUT2D eigenvalue weighted by atomic mass is 35.5. The molecule has 2 aliphatic heterocycles. The Hall–Kier alpha value is -1.17. The van der Waals surface area contributed by atoms with Crippen molar-refractivity contribution in [1.82, 2.24) is 4.90 Å². The molecule has 1 aromatic carbocycles. The van der Waals surface area contributed by atoms with Crippen molar-refractivity contribution in [2.24, 2.45) is 11.3 Å². The first kappa shape index (κ1) is 28.4. The van der Waals surface area contributed by atoms with Crippen LogP contribution < -0.4 is 14.5 Å². The number of ether oxygens (including phenoxy) is 2. The van der Waals surface area contributed by atoms with Gasteiger partial charge in [-0.15, -0.1) is 12.4 Å². The predicted molar refractivity (Wildman–Crippen MR) is 151 cm³/mol. The molecule has 0 aromatic heterocycles. The number of hydrogen-bond acceptors (Lipinski definition) is 5. The average Bonchev–Trinajstić information content (AvgIpc) is 2.87. The molecule has 0 amide bonds. The van der Waals surface area contributed by atoms with E-state index in [1.807, 2.05) is 7.11 Å². The molecule has 3 fully saturated rings. The number of rotatable bonds is 7. The second-order valence-electron chi connectivity index (χ2n) is 11.8. The van der Waals surface area contributed by atoms with Crippen molar-refractivity contribution in [1.29, 1.82) is 0 Å². The predicted octanol–water partition coefficient (Wildman–Crippen LogP) is 6.20. The quantitative estimate of drug-likeness (QED) is 0.438. The van der Waals surface area contributed by atoms with Gasteiger partial charge in [-0.25, -0.2) is 0 Å². The van der Waals surface area contributed by atoms with Crippen molar-refractivity contribution in [2.45, 2.75) is 72.1 Å². The Kier molecular flexibility index (Phi) is 10.4. The van der Waals surface area contributed by atoms with Gasteiger partial charge in [0.2, 0.25) is 0 Å². The van der Waals surface area contributed by atoms with Crippen LogP contribution in [0.2, 0.25) is 0 Å². The first-order valence-corrected chi connectivity index (χ1v) is 13.9. The Labute approximate surface area is 220 Å². The van der Waals surface area contributed by atoms with Crippen LogP contribution in [0.25, 0.3) is 0 Å². The van der Waals surface area contributed by atoms with E-state index in [4.69, 9.17) is 9.47 Å². The third-order valence-corrected chi connectivity index (χ3v) is 8.61. The number of halogens is 1. The Bertz CT molecular complexity index is 775. The smallest absolute Gasteiger partial charge is 0.142 e. The van der Waals surface area contributed by atoms with E-state index < -0.39 is 0 Å². The maximum Gasteiger partial charge on any atom is 0.142 e. The van der Waals surface area contributed by atoms with Crippen molar-refractivity contribution in [3.05, 3.63) is 17.7 Å². The van der Waals surface area contributed by atoms with Crippen LogP contribution in [0.3, 0.4) is 0 Å². The number of morpholine rings is 1. The van der Waals surface area contributed by atoms with Gasteiger partial charge in [-0.2, -0.15) is 0 Å². The first-order chi connectivity index (χ1) is 16.4. The Morgan fingerprint density at radius 1 is 0.886 bits per heavy atom. The van der Waals surface area contributed by atoms with E-state index in [1.165, 1.54) is 75.1 Å². The summed E-state index contributed by atoms with van der Waals surface area (Å²) in [6, 6.07) is 4.88. The summed E-state index contributed by atoms with van der Waals surface area (Å²) in [5.41, 5.74) is 4.67. The fourth-order valence-electron chi connectivity index (χ4n) is 6.25. The van der Waals surface area contributed by atoms with Crippen LogP contribution in [0.4, 0.5) is 11.4 Å². The maximum atomic E-state index is 6.00. The molecule has 35 heavy (non-hydrogen) atoms. The summed E-state index contributed by atoms with van der Waals surface area (Å²) in [5.74, 6) is 2.52. The van der Waals surface area contributed by atoms with Crippen LogP contribution >= 0.6 is 12.4 Å². The van der Waals surface area contributed by atoms with Crippen LogP contribution in [0.1, 0.15) is 77.7 Å². The molecule has 0 spiro atoms. The van der Waals surface area contributed by atoms with Crippen molar-refractivity contribution in [2.75, 3.05) is 75.9 Å². The van der Waals surface area contributed by atoms with Crippen molar-refractivity contribution >= 4 is 23.8 Å². The van der Waals surface area contributed by atoms with Crippen LogP contribution in [0.15, 0.2) is 12.1 Å². The van der Waals surface area contributed by atoms with Crippen molar-refractivity contribution in [3.8, 4) is 5.75 Å². The molecule has 0 atom stereocenters. The number of nitrogens with zero attached hydrogens (tertiary/aromatic N) is 3. The van der Waals surface area contributed by atoms with E-state index in [2.05, 4.69) is 54.5 Å².